The largest absolute Gasteiger partial charge is 0.393 e. The zero-order chi connectivity index (χ0) is 15.5. The zero-order valence-corrected chi connectivity index (χ0v) is 12.1. The van der Waals surface area contributed by atoms with E-state index in [0.717, 1.165) is 5.56 Å². The van der Waals surface area contributed by atoms with E-state index in [1.807, 2.05) is 19.1 Å². The van der Waals surface area contributed by atoms with Gasteiger partial charge < -0.3 is 4.90 Å². The Labute approximate surface area is 122 Å². The first-order valence-electron chi connectivity index (χ1n) is 7.26. The van der Waals surface area contributed by atoms with Crippen LogP contribution < -0.4 is 0 Å². The molecule has 0 aliphatic carbocycles. The van der Waals surface area contributed by atoms with Gasteiger partial charge in [-0.2, -0.15) is 13.2 Å². The Morgan fingerprint density at radius 3 is 2.71 bits per heavy atom. The van der Waals surface area contributed by atoms with Crippen molar-refractivity contribution >= 4 is 5.78 Å². The fraction of sp³-hybridized carbons (Fsp3) is 0.562. The molecule has 1 aromatic carbocycles. The molecule has 0 aromatic heterocycles. The van der Waals surface area contributed by atoms with E-state index in [0.29, 0.717) is 25.1 Å². The van der Waals surface area contributed by atoms with Gasteiger partial charge in [-0.25, -0.2) is 0 Å². The number of nitrogens with zero attached hydrogens (tertiary/aromatic N) is 1. The normalized spacial score (nSPS) is 20.5. The highest BCUT2D eigenvalue weighted by atomic mass is 19.4. The van der Waals surface area contributed by atoms with Crippen molar-refractivity contribution in [3.8, 4) is 0 Å². The number of benzene rings is 1. The molecule has 2 nitrogen and oxygen atoms in total. The molecule has 1 heterocycles. The van der Waals surface area contributed by atoms with Crippen LogP contribution in [0.25, 0.3) is 0 Å². The van der Waals surface area contributed by atoms with Gasteiger partial charge in [0.15, 0.2) is 5.78 Å². The van der Waals surface area contributed by atoms with Crippen LogP contribution in [0, 0.1) is 12.8 Å². The van der Waals surface area contributed by atoms with Gasteiger partial charge in [-0.05, 0) is 31.9 Å². The molecule has 1 saturated heterocycles. The van der Waals surface area contributed by atoms with Crippen LogP contribution in [0.2, 0.25) is 0 Å². The summed E-state index contributed by atoms with van der Waals surface area (Å²) >= 11 is 0. The fourth-order valence-electron chi connectivity index (χ4n) is 2.81. The second-order valence-corrected chi connectivity index (χ2v) is 5.67. The first-order chi connectivity index (χ1) is 9.88. The summed E-state index contributed by atoms with van der Waals surface area (Å²) in [6.07, 6.45) is -3.11. The molecule has 1 aliphatic rings. The number of aryl methyl sites for hydroxylation is 1. The molecule has 0 spiro atoms. The number of carbonyl (C=O) groups excluding carboxylic acids is 1. The molecular weight excluding hydrogens is 279 g/mol. The van der Waals surface area contributed by atoms with Crippen LogP contribution in [0.1, 0.15) is 35.2 Å². The van der Waals surface area contributed by atoms with E-state index in [4.69, 9.17) is 0 Å². The van der Waals surface area contributed by atoms with Crippen molar-refractivity contribution in [3.63, 3.8) is 0 Å². The number of likely N-dealkylation sites (tertiary alicyclic amines) is 1. The summed E-state index contributed by atoms with van der Waals surface area (Å²) in [4.78, 5) is 13.9. The zero-order valence-electron chi connectivity index (χ0n) is 12.1. The molecule has 5 heteroatoms. The lowest BCUT2D eigenvalue weighted by Gasteiger charge is -2.33. The average Bonchev–Trinajstić information content (AvgIpc) is 2.45. The van der Waals surface area contributed by atoms with Crippen LogP contribution in [0.3, 0.4) is 0 Å². The molecule has 2 rings (SSSR count). The van der Waals surface area contributed by atoms with Gasteiger partial charge in [-0.15, -0.1) is 0 Å². The average molecular weight is 299 g/mol. The summed E-state index contributed by atoms with van der Waals surface area (Å²) < 4.78 is 38.2. The SMILES string of the molecule is Cc1ccccc1C(=O)CCN1CCCC(C(F)(F)F)C1. The Morgan fingerprint density at radius 1 is 1.33 bits per heavy atom. The minimum absolute atomic E-state index is 0.00207. The third-order valence-electron chi connectivity index (χ3n) is 4.07. The number of carbonyl (C=O) groups is 1. The number of hydrogen-bond donors (Lipinski definition) is 0. The van der Waals surface area contributed by atoms with E-state index >= 15 is 0 Å². The molecule has 21 heavy (non-hydrogen) atoms. The standard InChI is InChI=1S/C16H20F3NO/c1-12-5-2-3-7-14(12)15(21)8-10-20-9-4-6-13(11-20)16(17,18)19/h2-3,5,7,13H,4,6,8-11H2,1H3. The van der Waals surface area contributed by atoms with E-state index in [1.165, 1.54) is 0 Å². The number of ketones is 1. The number of Topliss-reactive ketones (excluding diaryl/α,β-unsaturated/α-hetero) is 1. The van der Waals surface area contributed by atoms with Gasteiger partial charge in [0.05, 0.1) is 5.92 Å². The van der Waals surface area contributed by atoms with Gasteiger partial charge in [0, 0.05) is 25.1 Å². The van der Waals surface area contributed by atoms with Gasteiger partial charge in [0.2, 0.25) is 0 Å². The van der Waals surface area contributed by atoms with Crippen LogP contribution in [-0.4, -0.2) is 36.5 Å². The molecule has 1 unspecified atom stereocenters. The van der Waals surface area contributed by atoms with Crippen LogP contribution in [0.5, 0.6) is 0 Å². The minimum atomic E-state index is -4.13. The maximum absolute atomic E-state index is 12.7. The van der Waals surface area contributed by atoms with Crippen molar-refractivity contribution in [2.24, 2.45) is 5.92 Å². The Bertz CT molecular complexity index is 499. The number of alkyl halides is 3. The molecule has 0 radical (unpaired) electrons. The smallest absolute Gasteiger partial charge is 0.302 e. The van der Waals surface area contributed by atoms with Crippen LogP contribution in [0.15, 0.2) is 24.3 Å². The monoisotopic (exact) mass is 299 g/mol. The molecule has 1 atom stereocenters. The first kappa shape index (κ1) is 16.0. The topological polar surface area (TPSA) is 20.3 Å². The first-order valence-corrected chi connectivity index (χ1v) is 7.26. The van der Waals surface area contributed by atoms with Gasteiger partial charge in [0.1, 0.15) is 0 Å². The van der Waals surface area contributed by atoms with E-state index in [1.54, 1.807) is 17.0 Å². The quantitative estimate of drug-likeness (QED) is 0.787. The van der Waals surface area contributed by atoms with Crippen LogP contribution in [0.4, 0.5) is 13.2 Å². The molecular formula is C16H20F3NO. The second kappa shape index (κ2) is 6.60. The summed E-state index contributed by atoms with van der Waals surface area (Å²) in [5, 5.41) is 0. The summed E-state index contributed by atoms with van der Waals surface area (Å²) in [5.41, 5.74) is 1.58. The Morgan fingerprint density at radius 2 is 2.05 bits per heavy atom. The maximum Gasteiger partial charge on any atom is 0.393 e. The fourth-order valence-corrected chi connectivity index (χ4v) is 2.81. The Kier molecular flexibility index (Phi) is 5.04. The molecule has 0 bridgehead atoms. The molecule has 0 amide bonds. The lowest BCUT2D eigenvalue weighted by molar-refractivity contribution is -0.186. The summed E-state index contributed by atoms with van der Waals surface area (Å²) in [6.45, 7) is 2.94. The predicted molar refractivity (Wildman–Crippen MR) is 75.3 cm³/mol. The summed E-state index contributed by atoms with van der Waals surface area (Å²) in [6, 6.07) is 7.31. The highest BCUT2D eigenvalue weighted by Crippen LogP contribution is 2.33. The van der Waals surface area contributed by atoms with E-state index in [9.17, 15) is 18.0 Å². The van der Waals surface area contributed by atoms with Crippen molar-refractivity contribution in [3.05, 3.63) is 35.4 Å². The predicted octanol–water partition coefficient (Wildman–Crippen LogP) is 3.84. The number of hydrogen-bond acceptors (Lipinski definition) is 2. The van der Waals surface area contributed by atoms with Crippen molar-refractivity contribution in [2.45, 2.75) is 32.4 Å². The third-order valence-corrected chi connectivity index (χ3v) is 4.07. The van der Waals surface area contributed by atoms with Gasteiger partial charge in [-0.1, -0.05) is 24.3 Å². The molecule has 0 N–H and O–H groups in total. The Balaban J connectivity index is 1.88. The second-order valence-electron chi connectivity index (χ2n) is 5.67. The van der Waals surface area contributed by atoms with Crippen LogP contribution >= 0.6 is 0 Å². The molecule has 1 fully saturated rings. The molecule has 1 aromatic rings. The lowest BCUT2D eigenvalue weighted by Crippen LogP contribution is -2.42. The molecule has 0 saturated carbocycles. The molecule has 116 valence electrons. The van der Waals surface area contributed by atoms with Crippen molar-refractivity contribution in [1.29, 1.82) is 0 Å². The number of piperidine rings is 1. The van der Waals surface area contributed by atoms with Crippen LogP contribution in [-0.2, 0) is 0 Å². The molecule has 1 aliphatic heterocycles. The highest BCUT2D eigenvalue weighted by molar-refractivity contribution is 5.97. The summed E-state index contributed by atoms with van der Waals surface area (Å²) in [5.74, 6) is -1.25. The highest BCUT2D eigenvalue weighted by Gasteiger charge is 2.41. The van der Waals surface area contributed by atoms with E-state index in [-0.39, 0.29) is 25.2 Å². The maximum atomic E-state index is 12.7. The lowest BCUT2D eigenvalue weighted by atomic mass is 9.96. The van der Waals surface area contributed by atoms with Gasteiger partial charge >= 0.3 is 6.18 Å². The van der Waals surface area contributed by atoms with E-state index < -0.39 is 12.1 Å². The third kappa shape index (κ3) is 4.30. The van der Waals surface area contributed by atoms with Crippen molar-refractivity contribution < 1.29 is 18.0 Å². The van der Waals surface area contributed by atoms with Crippen molar-refractivity contribution in [1.82, 2.24) is 4.90 Å². The van der Waals surface area contributed by atoms with Gasteiger partial charge in [-0.3, -0.25) is 4.79 Å². The van der Waals surface area contributed by atoms with Crippen molar-refractivity contribution in [2.75, 3.05) is 19.6 Å². The minimum Gasteiger partial charge on any atom is -0.302 e. The number of halogens is 3. The number of rotatable bonds is 4. The Hall–Kier alpha value is -1.36. The summed E-state index contributed by atoms with van der Waals surface area (Å²) in [7, 11) is 0. The van der Waals surface area contributed by atoms with E-state index in [2.05, 4.69) is 0 Å². The van der Waals surface area contributed by atoms with Gasteiger partial charge in [0.25, 0.3) is 0 Å².